The SMILES string of the molecule is COCC(C)Nc1nccc(OC)n1. The molecular weight excluding hydrogens is 182 g/mol. The molecule has 1 N–H and O–H groups in total. The lowest BCUT2D eigenvalue weighted by atomic mass is 10.4. The molecular formula is C9H15N3O2. The zero-order valence-corrected chi connectivity index (χ0v) is 8.65. The van der Waals surface area contributed by atoms with Crippen molar-refractivity contribution >= 4 is 5.95 Å². The van der Waals surface area contributed by atoms with Gasteiger partial charge in [-0.1, -0.05) is 0 Å². The van der Waals surface area contributed by atoms with Gasteiger partial charge in [0.15, 0.2) is 0 Å². The summed E-state index contributed by atoms with van der Waals surface area (Å²) in [5, 5.41) is 3.09. The topological polar surface area (TPSA) is 56.3 Å². The maximum absolute atomic E-state index is 4.98. The van der Waals surface area contributed by atoms with Crippen LogP contribution in [0.2, 0.25) is 0 Å². The van der Waals surface area contributed by atoms with E-state index in [0.29, 0.717) is 18.4 Å². The first kappa shape index (κ1) is 10.7. The highest BCUT2D eigenvalue weighted by atomic mass is 16.5. The van der Waals surface area contributed by atoms with E-state index in [1.165, 1.54) is 0 Å². The molecule has 5 nitrogen and oxygen atoms in total. The third kappa shape index (κ3) is 3.18. The minimum Gasteiger partial charge on any atom is -0.481 e. The van der Waals surface area contributed by atoms with Crippen LogP contribution >= 0.6 is 0 Å². The highest BCUT2D eigenvalue weighted by molar-refractivity contribution is 5.28. The third-order valence-electron chi connectivity index (χ3n) is 1.63. The van der Waals surface area contributed by atoms with E-state index in [-0.39, 0.29) is 6.04 Å². The van der Waals surface area contributed by atoms with Crippen molar-refractivity contribution in [3.05, 3.63) is 12.3 Å². The summed E-state index contributed by atoms with van der Waals surface area (Å²) in [6.07, 6.45) is 1.65. The fourth-order valence-electron chi connectivity index (χ4n) is 1.04. The molecule has 0 aliphatic carbocycles. The molecule has 5 heteroatoms. The number of hydrogen-bond acceptors (Lipinski definition) is 5. The van der Waals surface area contributed by atoms with Crippen LogP contribution in [0.5, 0.6) is 5.88 Å². The molecule has 1 atom stereocenters. The van der Waals surface area contributed by atoms with Crippen LogP contribution in [0.25, 0.3) is 0 Å². The van der Waals surface area contributed by atoms with Crippen LogP contribution in [0.1, 0.15) is 6.92 Å². The van der Waals surface area contributed by atoms with Gasteiger partial charge in [0.2, 0.25) is 11.8 Å². The first-order chi connectivity index (χ1) is 6.76. The molecule has 0 spiro atoms. The van der Waals surface area contributed by atoms with Crippen molar-refractivity contribution < 1.29 is 9.47 Å². The predicted molar refractivity (Wildman–Crippen MR) is 53.5 cm³/mol. The second kappa shape index (κ2) is 5.39. The molecule has 0 aliphatic heterocycles. The Morgan fingerprint density at radius 1 is 1.50 bits per heavy atom. The Morgan fingerprint density at radius 3 is 2.93 bits per heavy atom. The molecule has 0 aromatic carbocycles. The van der Waals surface area contributed by atoms with Gasteiger partial charge in [-0.15, -0.1) is 0 Å². The molecule has 0 fully saturated rings. The van der Waals surface area contributed by atoms with E-state index in [9.17, 15) is 0 Å². The van der Waals surface area contributed by atoms with Crippen LogP contribution < -0.4 is 10.1 Å². The maximum atomic E-state index is 4.98. The second-order valence-electron chi connectivity index (χ2n) is 2.92. The average molecular weight is 197 g/mol. The molecule has 0 saturated heterocycles. The number of methoxy groups -OCH3 is 2. The molecule has 78 valence electrons. The van der Waals surface area contributed by atoms with Gasteiger partial charge in [-0.3, -0.25) is 0 Å². The van der Waals surface area contributed by atoms with E-state index in [1.54, 1.807) is 26.5 Å². The standard InChI is InChI=1S/C9H15N3O2/c1-7(6-13-2)11-9-10-5-4-8(12-9)14-3/h4-5,7H,6H2,1-3H3,(H,10,11,12). The number of aromatic nitrogens is 2. The summed E-state index contributed by atoms with van der Waals surface area (Å²) in [4.78, 5) is 8.17. The third-order valence-corrected chi connectivity index (χ3v) is 1.63. The highest BCUT2D eigenvalue weighted by Gasteiger charge is 2.03. The van der Waals surface area contributed by atoms with Crippen LogP contribution in [0.15, 0.2) is 12.3 Å². The second-order valence-corrected chi connectivity index (χ2v) is 2.92. The van der Waals surface area contributed by atoms with Crippen LogP contribution in [0.4, 0.5) is 5.95 Å². The molecule has 0 radical (unpaired) electrons. The van der Waals surface area contributed by atoms with Crippen molar-refractivity contribution in [2.24, 2.45) is 0 Å². The van der Waals surface area contributed by atoms with Crippen molar-refractivity contribution in [3.8, 4) is 5.88 Å². The Kier molecular flexibility index (Phi) is 4.12. The number of anilines is 1. The Labute approximate surface area is 83.5 Å². The molecule has 0 aliphatic rings. The summed E-state index contributed by atoms with van der Waals surface area (Å²) >= 11 is 0. The van der Waals surface area contributed by atoms with Crippen molar-refractivity contribution in [2.45, 2.75) is 13.0 Å². The van der Waals surface area contributed by atoms with Crippen LogP contribution in [-0.2, 0) is 4.74 Å². The summed E-state index contributed by atoms with van der Waals surface area (Å²) in [6, 6.07) is 1.87. The van der Waals surface area contributed by atoms with Crippen molar-refractivity contribution in [3.63, 3.8) is 0 Å². The zero-order valence-electron chi connectivity index (χ0n) is 8.65. The van der Waals surface area contributed by atoms with Crippen LogP contribution in [0, 0.1) is 0 Å². The molecule has 0 saturated carbocycles. The number of nitrogens with zero attached hydrogens (tertiary/aromatic N) is 2. The van der Waals surface area contributed by atoms with Crippen molar-refractivity contribution in [1.29, 1.82) is 0 Å². The van der Waals surface area contributed by atoms with Crippen LogP contribution in [0.3, 0.4) is 0 Å². The van der Waals surface area contributed by atoms with Gasteiger partial charge >= 0.3 is 0 Å². The monoisotopic (exact) mass is 197 g/mol. The fourth-order valence-corrected chi connectivity index (χ4v) is 1.04. The normalized spacial score (nSPS) is 12.2. The van der Waals surface area contributed by atoms with E-state index in [0.717, 1.165) is 0 Å². The van der Waals surface area contributed by atoms with E-state index in [4.69, 9.17) is 9.47 Å². The van der Waals surface area contributed by atoms with Gasteiger partial charge < -0.3 is 14.8 Å². The molecule has 1 aromatic heterocycles. The highest BCUT2D eigenvalue weighted by Crippen LogP contribution is 2.07. The van der Waals surface area contributed by atoms with Gasteiger partial charge in [0, 0.05) is 25.4 Å². The van der Waals surface area contributed by atoms with Gasteiger partial charge in [-0.25, -0.2) is 4.98 Å². The first-order valence-electron chi connectivity index (χ1n) is 4.38. The van der Waals surface area contributed by atoms with E-state index in [1.807, 2.05) is 6.92 Å². The van der Waals surface area contributed by atoms with E-state index >= 15 is 0 Å². The lowest BCUT2D eigenvalue weighted by Gasteiger charge is -2.12. The number of ether oxygens (including phenoxy) is 2. The van der Waals surface area contributed by atoms with Gasteiger partial charge in [-0.05, 0) is 6.92 Å². The number of rotatable bonds is 5. The summed E-state index contributed by atoms with van der Waals surface area (Å²) in [7, 11) is 3.23. The number of nitrogens with one attached hydrogen (secondary N) is 1. The minimum absolute atomic E-state index is 0.173. The lowest BCUT2D eigenvalue weighted by Crippen LogP contribution is -2.22. The van der Waals surface area contributed by atoms with E-state index < -0.39 is 0 Å². The lowest BCUT2D eigenvalue weighted by molar-refractivity contribution is 0.190. The Hall–Kier alpha value is -1.36. The molecule has 1 heterocycles. The summed E-state index contributed by atoms with van der Waals surface area (Å²) < 4.78 is 9.96. The fraction of sp³-hybridized carbons (Fsp3) is 0.556. The average Bonchev–Trinajstić information content (AvgIpc) is 2.18. The molecule has 0 bridgehead atoms. The number of hydrogen-bond donors (Lipinski definition) is 1. The maximum Gasteiger partial charge on any atom is 0.226 e. The van der Waals surface area contributed by atoms with Gasteiger partial charge in [-0.2, -0.15) is 4.98 Å². The van der Waals surface area contributed by atoms with Gasteiger partial charge in [0.25, 0.3) is 0 Å². The quantitative estimate of drug-likeness (QED) is 0.761. The van der Waals surface area contributed by atoms with Crippen molar-refractivity contribution in [2.75, 3.05) is 26.1 Å². The Bertz CT molecular complexity index is 281. The predicted octanol–water partition coefficient (Wildman–Crippen LogP) is 0.932. The van der Waals surface area contributed by atoms with Gasteiger partial charge in [0.05, 0.1) is 13.7 Å². The van der Waals surface area contributed by atoms with E-state index in [2.05, 4.69) is 15.3 Å². The largest absolute Gasteiger partial charge is 0.481 e. The zero-order chi connectivity index (χ0) is 10.4. The van der Waals surface area contributed by atoms with Crippen LogP contribution in [-0.4, -0.2) is 36.8 Å². The molecule has 1 aromatic rings. The molecule has 14 heavy (non-hydrogen) atoms. The molecule has 1 unspecified atom stereocenters. The van der Waals surface area contributed by atoms with Crippen molar-refractivity contribution in [1.82, 2.24) is 9.97 Å². The Morgan fingerprint density at radius 2 is 2.29 bits per heavy atom. The smallest absolute Gasteiger partial charge is 0.226 e. The summed E-state index contributed by atoms with van der Waals surface area (Å²) in [5.74, 6) is 1.10. The molecule has 0 amide bonds. The minimum atomic E-state index is 0.173. The molecule has 1 rings (SSSR count). The Balaban J connectivity index is 2.57. The first-order valence-corrected chi connectivity index (χ1v) is 4.38. The summed E-state index contributed by atoms with van der Waals surface area (Å²) in [6.45, 7) is 2.60. The summed E-state index contributed by atoms with van der Waals surface area (Å²) in [5.41, 5.74) is 0. The van der Waals surface area contributed by atoms with Gasteiger partial charge in [0.1, 0.15) is 0 Å².